The smallest absolute Gasteiger partial charge is 0.252 e. The predicted molar refractivity (Wildman–Crippen MR) is 80.5 cm³/mol. The first-order valence-electron chi connectivity index (χ1n) is 7.64. The van der Waals surface area contributed by atoms with E-state index in [9.17, 15) is 4.79 Å². The van der Waals surface area contributed by atoms with E-state index in [1.54, 1.807) is 18.3 Å². The van der Waals surface area contributed by atoms with Crippen molar-refractivity contribution in [3.05, 3.63) is 23.9 Å². The Kier molecular flexibility index (Phi) is 5.99. The van der Waals surface area contributed by atoms with Gasteiger partial charge in [-0.3, -0.25) is 4.79 Å². The van der Waals surface area contributed by atoms with Gasteiger partial charge < -0.3 is 14.8 Å². The number of hydrogen-bond donors (Lipinski definition) is 1. The van der Waals surface area contributed by atoms with Gasteiger partial charge in [0, 0.05) is 31.6 Å². The summed E-state index contributed by atoms with van der Waals surface area (Å²) in [7, 11) is 0. The van der Waals surface area contributed by atoms with Crippen LogP contribution in [0.2, 0.25) is 0 Å². The van der Waals surface area contributed by atoms with Gasteiger partial charge >= 0.3 is 0 Å². The molecule has 0 unspecified atom stereocenters. The van der Waals surface area contributed by atoms with Crippen molar-refractivity contribution in [3.63, 3.8) is 0 Å². The molecule has 21 heavy (non-hydrogen) atoms. The lowest BCUT2D eigenvalue weighted by Gasteiger charge is -2.22. The van der Waals surface area contributed by atoms with Crippen molar-refractivity contribution in [3.8, 4) is 5.88 Å². The van der Waals surface area contributed by atoms with E-state index in [1.165, 1.54) is 0 Å². The van der Waals surface area contributed by atoms with Gasteiger partial charge in [0.05, 0.1) is 18.8 Å². The second-order valence-corrected chi connectivity index (χ2v) is 5.75. The maximum atomic E-state index is 11.9. The summed E-state index contributed by atoms with van der Waals surface area (Å²) in [6, 6.07) is 3.51. The summed E-state index contributed by atoms with van der Waals surface area (Å²) in [6.45, 7) is 6.44. The van der Waals surface area contributed by atoms with E-state index in [-0.39, 0.29) is 12.0 Å². The van der Waals surface area contributed by atoms with E-state index in [2.05, 4.69) is 24.1 Å². The zero-order valence-corrected chi connectivity index (χ0v) is 12.8. The molecule has 0 aromatic carbocycles. The van der Waals surface area contributed by atoms with Crippen LogP contribution in [0.25, 0.3) is 0 Å². The summed E-state index contributed by atoms with van der Waals surface area (Å²) in [4.78, 5) is 16.1. The Balaban J connectivity index is 1.81. The van der Waals surface area contributed by atoms with Gasteiger partial charge in [0.2, 0.25) is 5.88 Å². The molecule has 1 N–H and O–H groups in total. The molecule has 0 saturated carbocycles. The lowest BCUT2D eigenvalue weighted by atomic mass is 10.1. The van der Waals surface area contributed by atoms with Crippen molar-refractivity contribution in [1.29, 1.82) is 0 Å². The van der Waals surface area contributed by atoms with Crippen LogP contribution >= 0.6 is 0 Å². The first-order valence-corrected chi connectivity index (χ1v) is 7.64. The maximum absolute atomic E-state index is 11.9. The molecule has 1 amide bonds. The van der Waals surface area contributed by atoms with Gasteiger partial charge in [-0.1, -0.05) is 13.8 Å². The van der Waals surface area contributed by atoms with Crippen molar-refractivity contribution in [2.75, 3.05) is 19.8 Å². The molecule has 0 bridgehead atoms. The normalized spacial score (nSPS) is 16.0. The molecule has 0 spiro atoms. The Morgan fingerprint density at radius 1 is 1.43 bits per heavy atom. The highest BCUT2D eigenvalue weighted by atomic mass is 16.5. The molecule has 2 rings (SSSR count). The van der Waals surface area contributed by atoms with Gasteiger partial charge in [0.15, 0.2) is 0 Å². The highest BCUT2D eigenvalue weighted by molar-refractivity contribution is 5.93. The fourth-order valence-electron chi connectivity index (χ4n) is 2.13. The van der Waals surface area contributed by atoms with Crippen LogP contribution in [0.5, 0.6) is 5.88 Å². The maximum Gasteiger partial charge on any atom is 0.252 e. The number of nitrogens with one attached hydrogen (secondary N) is 1. The Hall–Kier alpha value is -1.62. The fraction of sp³-hybridized carbons (Fsp3) is 0.625. The van der Waals surface area contributed by atoms with Crippen molar-refractivity contribution in [1.82, 2.24) is 10.3 Å². The summed E-state index contributed by atoms with van der Waals surface area (Å²) in [5.41, 5.74) is 0.568. The number of pyridine rings is 1. The van der Waals surface area contributed by atoms with Gasteiger partial charge in [-0.05, 0) is 18.4 Å². The first kappa shape index (κ1) is 15.8. The Labute approximate surface area is 126 Å². The molecule has 5 nitrogen and oxygen atoms in total. The zero-order valence-electron chi connectivity index (χ0n) is 12.8. The van der Waals surface area contributed by atoms with E-state index >= 15 is 0 Å². The summed E-state index contributed by atoms with van der Waals surface area (Å²) in [5, 5.41) is 2.89. The van der Waals surface area contributed by atoms with E-state index < -0.39 is 0 Å². The van der Waals surface area contributed by atoms with Crippen LogP contribution in [0.1, 0.15) is 43.5 Å². The Morgan fingerprint density at radius 2 is 2.19 bits per heavy atom. The quantitative estimate of drug-likeness (QED) is 0.874. The van der Waals surface area contributed by atoms with Gasteiger partial charge in [0.1, 0.15) is 6.10 Å². The molecule has 116 valence electrons. The largest absolute Gasteiger partial charge is 0.474 e. The highest BCUT2D eigenvalue weighted by Gasteiger charge is 2.16. The van der Waals surface area contributed by atoms with Gasteiger partial charge in [-0.2, -0.15) is 0 Å². The van der Waals surface area contributed by atoms with Crippen LogP contribution < -0.4 is 10.1 Å². The molecule has 1 aromatic rings. The van der Waals surface area contributed by atoms with Gasteiger partial charge in [0.25, 0.3) is 5.91 Å². The van der Waals surface area contributed by atoms with Crippen LogP contribution in [-0.2, 0) is 4.74 Å². The predicted octanol–water partition coefficient (Wildman–Crippen LogP) is 2.42. The van der Waals surface area contributed by atoms with Crippen LogP contribution in [-0.4, -0.2) is 36.8 Å². The van der Waals surface area contributed by atoms with Crippen LogP contribution in [0.15, 0.2) is 18.3 Å². The van der Waals surface area contributed by atoms with Crippen molar-refractivity contribution in [2.45, 2.75) is 39.2 Å². The van der Waals surface area contributed by atoms with Crippen molar-refractivity contribution >= 4 is 5.91 Å². The van der Waals surface area contributed by atoms with Gasteiger partial charge in [-0.15, -0.1) is 0 Å². The molecule has 1 aliphatic heterocycles. The van der Waals surface area contributed by atoms with Crippen LogP contribution in [0, 0.1) is 5.92 Å². The standard InChI is InChI=1S/C16H24N2O3/c1-12(2)5-8-17-16(19)13-3-4-15(18-11-13)21-14-6-9-20-10-7-14/h3-4,11-12,14H,5-10H2,1-2H3,(H,17,19). The second kappa shape index (κ2) is 7.98. The number of nitrogens with zero attached hydrogens (tertiary/aromatic N) is 1. The highest BCUT2D eigenvalue weighted by Crippen LogP contribution is 2.15. The molecule has 1 aliphatic rings. The average molecular weight is 292 g/mol. The molecule has 1 fully saturated rings. The minimum Gasteiger partial charge on any atom is -0.474 e. The molecule has 0 aliphatic carbocycles. The molecule has 0 atom stereocenters. The lowest BCUT2D eigenvalue weighted by Crippen LogP contribution is -2.27. The summed E-state index contributed by atoms with van der Waals surface area (Å²) in [5.74, 6) is 1.07. The summed E-state index contributed by atoms with van der Waals surface area (Å²) < 4.78 is 11.1. The summed E-state index contributed by atoms with van der Waals surface area (Å²) in [6.07, 6.45) is 4.49. The number of aromatic nitrogens is 1. The number of carbonyl (C=O) groups excluding carboxylic acids is 1. The molecule has 0 radical (unpaired) electrons. The molecule has 2 heterocycles. The lowest BCUT2D eigenvalue weighted by molar-refractivity contribution is 0.0237. The van der Waals surface area contributed by atoms with E-state index in [0.717, 1.165) is 32.5 Å². The fourth-order valence-corrected chi connectivity index (χ4v) is 2.13. The number of amides is 1. The monoisotopic (exact) mass is 292 g/mol. The second-order valence-electron chi connectivity index (χ2n) is 5.75. The van der Waals surface area contributed by atoms with Crippen LogP contribution in [0.3, 0.4) is 0 Å². The number of carbonyl (C=O) groups is 1. The minimum absolute atomic E-state index is 0.0826. The minimum atomic E-state index is -0.0826. The third kappa shape index (κ3) is 5.34. The van der Waals surface area contributed by atoms with Crippen LogP contribution in [0.4, 0.5) is 0 Å². The van der Waals surface area contributed by atoms with Crippen molar-refractivity contribution in [2.24, 2.45) is 5.92 Å². The van der Waals surface area contributed by atoms with E-state index in [0.29, 0.717) is 23.9 Å². The topological polar surface area (TPSA) is 60.5 Å². The molecular formula is C16H24N2O3. The third-order valence-corrected chi connectivity index (χ3v) is 3.46. The zero-order chi connectivity index (χ0) is 15.1. The Morgan fingerprint density at radius 3 is 2.81 bits per heavy atom. The van der Waals surface area contributed by atoms with E-state index in [1.807, 2.05) is 0 Å². The number of rotatable bonds is 6. The van der Waals surface area contributed by atoms with Crippen molar-refractivity contribution < 1.29 is 14.3 Å². The third-order valence-electron chi connectivity index (χ3n) is 3.46. The molecular weight excluding hydrogens is 268 g/mol. The van der Waals surface area contributed by atoms with E-state index in [4.69, 9.17) is 9.47 Å². The number of hydrogen-bond acceptors (Lipinski definition) is 4. The molecule has 5 heteroatoms. The molecule has 1 saturated heterocycles. The van der Waals surface area contributed by atoms with Gasteiger partial charge in [-0.25, -0.2) is 4.98 Å². The summed E-state index contributed by atoms with van der Waals surface area (Å²) >= 11 is 0. The molecule has 1 aromatic heterocycles. The average Bonchev–Trinajstić information content (AvgIpc) is 2.48. The SMILES string of the molecule is CC(C)CCNC(=O)c1ccc(OC2CCOCC2)nc1. The first-order chi connectivity index (χ1) is 10.1. The number of ether oxygens (including phenoxy) is 2. The Bertz CT molecular complexity index is 439.